The number of nitrogens with two attached hydrogens (primary N) is 1. The number of nitrogens with zero attached hydrogens (tertiary/aromatic N) is 1. The second-order valence-corrected chi connectivity index (χ2v) is 7.86. The Morgan fingerprint density at radius 1 is 0.963 bits per heavy atom. The molecular formula is C23H28N2O2. The molecule has 0 radical (unpaired) electrons. The van der Waals surface area contributed by atoms with Crippen molar-refractivity contribution in [3.8, 4) is 11.1 Å². The molecule has 0 atom stereocenters. The van der Waals surface area contributed by atoms with Crippen molar-refractivity contribution in [1.82, 2.24) is 4.90 Å². The van der Waals surface area contributed by atoms with Gasteiger partial charge in [0.1, 0.15) is 0 Å². The number of hydrogen-bond donors (Lipinski definition) is 1. The lowest BCUT2D eigenvalue weighted by Gasteiger charge is -2.40. The predicted molar refractivity (Wildman–Crippen MR) is 108 cm³/mol. The Balaban J connectivity index is 1.72. The third kappa shape index (κ3) is 4.21. The highest BCUT2D eigenvalue weighted by Gasteiger charge is 2.41. The summed E-state index contributed by atoms with van der Waals surface area (Å²) in [6.07, 6.45) is 1.88. The third-order valence-corrected chi connectivity index (χ3v) is 5.65. The fraction of sp³-hybridized carbons (Fsp3) is 0.391. The summed E-state index contributed by atoms with van der Waals surface area (Å²) in [5, 5.41) is 0. The van der Waals surface area contributed by atoms with E-state index in [0.717, 1.165) is 11.1 Å². The van der Waals surface area contributed by atoms with Crippen molar-refractivity contribution in [2.24, 2.45) is 17.1 Å². The lowest BCUT2D eigenvalue weighted by molar-refractivity contribution is -0.141. The first-order valence-electron chi connectivity index (χ1n) is 9.64. The van der Waals surface area contributed by atoms with E-state index in [2.05, 4.69) is 36.4 Å². The molecule has 2 amide bonds. The number of likely N-dealkylation sites (tertiary alicyclic amines) is 1. The van der Waals surface area contributed by atoms with E-state index in [-0.39, 0.29) is 17.7 Å². The normalized spacial score (nSPS) is 16.3. The summed E-state index contributed by atoms with van der Waals surface area (Å²) in [6.45, 7) is 5.02. The Labute approximate surface area is 161 Å². The smallest absolute Gasteiger partial charge is 0.225 e. The molecule has 0 spiro atoms. The average molecular weight is 364 g/mol. The van der Waals surface area contributed by atoms with Crippen molar-refractivity contribution < 1.29 is 9.59 Å². The maximum Gasteiger partial charge on any atom is 0.225 e. The number of carbonyl (C=O) groups is 2. The van der Waals surface area contributed by atoms with Crippen LogP contribution < -0.4 is 5.73 Å². The van der Waals surface area contributed by atoms with E-state index in [1.54, 1.807) is 0 Å². The van der Waals surface area contributed by atoms with Gasteiger partial charge in [0.25, 0.3) is 0 Å². The molecule has 2 aromatic rings. The topological polar surface area (TPSA) is 63.4 Å². The monoisotopic (exact) mass is 364 g/mol. The number of carbonyl (C=O) groups excluding carboxylic acids is 2. The number of primary amides is 1. The molecule has 2 aromatic carbocycles. The maximum absolute atomic E-state index is 12.3. The molecule has 0 aromatic heterocycles. The van der Waals surface area contributed by atoms with Crippen LogP contribution >= 0.6 is 0 Å². The second kappa shape index (κ2) is 7.95. The molecule has 27 heavy (non-hydrogen) atoms. The van der Waals surface area contributed by atoms with Gasteiger partial charge in [0, 0.05) is 19.0 Å². The zero-order chi connectivity index (χ0) is 19.4. The predicted octanol–water partition coefficient (Wildman–Crippen LogP) is 3.65. The Hall–Kier alpha value is -2.62. The van der Waals surface area contributed by atoms with Crippen LogP contribution in [0.2, 0.25) is 0 Å². The van der Waals surface area contributed by atoms with Crippen LogP contribution in [0.25, 0.3) is 11.1 Å². The Bertz CT molecular complexity index is 789. The van der Waals surface area contributed by atoms with Gasteiger partial charge in [-0.3, -0.25) is 9.59 Å². The van der Waals surface area contributed by atoms with Crippen molar-refractivity contribution >= 4 is 11.8 Å². The summed E-state index contributed by atoms with van der Waals surface area (Å²) in [4.78, 5) is 26.4. The molecular weight excluding hydrogens is 336 g/mol. The van der Waals surface area contributed by atoms with Gasteiger partial charge in [-0.1, -0.05) is 68.4 Å². The largest absolute Gasteiger partial charge is 0.369 e. The fourth-order valence-electron chi connectivity index (χ4n) is 3.87. The van der Waals surface area contributed by atoms with Crippen molar-refractivity contribution in [2.45, 2.75) is 33.1 Å². The number of amides is 2. The summed E-state index contributed by atoms with van der Waals surface area (Å²) >= 11 is 0. The van der Waals surface area contributed by atoms with Crippen LogP contribution in [0.1, 0.15) is 32.3 Å². The van der Waals surface area contributed by atoms with Gasteiger partial charge in [-0.15, -0.1) is 0 Å². The molecule has 0 bridgehead atoms. The standard InChI is InChI=1S/C23H28N2O2/c1-17(2)21(26)25-14-12-23(13-15-25,22(24)27)16-18-8-10-20(11-9-18)19-6-4-3-5-7-19/h3-11,17H,12-16H2,1-2H3,(H2,24,27). The number of benzene rings is 2. The number of hydrogen-bond acceptors (Lipinski definition) is 2. The first-order chi connectivity index (χ1) is 12.9. The molecule has 0 unspecified atom stereocenters. The van der Waals surface area contributed by atoms with Gasteiger partial charge in [-0.25, -0.2) is 0 Å². The summed E-state index contributed by atoms with van der Waals surface area (Å²) in [6, 6.07) is 18.6. The van der Waals surface area contributed by atoms with Crippen molar-refractivity contribution in [2.75, 3.05) is 13.1 Å². The van der Waals surface area contributed by atoms with Crippen LogP contribution in [0, 0.1) is 11.3 Å². The van der Waals surface area contributed by atoms with E-state index in [0.29, 0.717) is 32.4 Å². The maximum atomic E-state index is 12.3. The first-order valence-corrected chi connectivity index (χ1v) is 9.64. The average Bonchev–Trinajstić information content (AvgIpc) is 2.69. The van der Waals surface area contributed by atoms with E-state index >= 15 is 0 Å². The van der Waals surface area contributed by atoms with Crippen molar-refractivity contribution in [3.05, 3.63) is 60.2 Å². The van der Waals surface area contributed by atoms with Crippen molar-refractivity contribution in [1.29, 1.82) is 0 Å². The van der Waals surface area contributed by atoms with Crippen molar-refractivity contribution in [3.63, 3.8) is 0 Å². The Morgan fingerprint density at radius 3 is 2.04 bits per heavy atom. The fourth-order valence-corrected chi connectivity index (χ4v) is 3.87. The zero-order valence-electron chi connectivity index (χ0n) is 16.2. The van der Waals surface area contributed by atoms with Gasteiger partial charge in [0.15, 0.2) is 0 Å². The summed E-state index contributed by atoms with van der Waals surface area (Å²) < 4.78 is 0. The molecule has 4 nitrogen and oxygen atoms in total. The molecule has 1 fully saturated rings. The van der Waals surface area contributed by atoms with E-state index < -0.39 is 5.41 Å². The second-order valence-electron chi connectivity index (χ2n) is 7.86. The van der Waals surface area contributed by atoms with Crippen LogP contribution in [-0.2, 0) is 16.0 Å². The molecule has 142 valence electrons. The van der Waals surface area contributed by atoms with Crippen LogP contribution in [-0.4, -0.2) is 29.8 Å². The Morgan fingerprint density at radius 2 is 1.52 bits per heavy atom. The third-order valence-electron chi connectivity index (χ3n) is 5.65. The molecule has 1 aliphatic heterocycles. The minimum Gasteiger partial charge on any atom is -0.369 e. The van der Waals surface area contributed by atoms with Gasteiger partial charge < -0.3 is 10.6 Å². The van der Waals surface area contributed by atoms with Crippen LogP contribution in [0.15, 0.2) is 54.6 Å². The molecule has 0 aliphatic carbocycles. The zero-order valence-corrected chi connectivity index (χ0v) is 16.2. The number of rotatable bonds is 5. The molecule has 3 rings (SSSR count). The van der Waals surface area contributed by atoms with Gasteiger partial charge in [-0.2, -0.15) is 0 Å². The number of piperidine rings is 1. The molecule has 2 N–H and O–H groups in total. The van der Waals surface area contributed by atoms with E-state index in [1.165, 1.54) is 5.56 Å². The van der Waals surface area contributed by atoms with Gasteiger partial charge >= 0.3 is 0 Å². The highest BCUT2D eigenvalue weighted by Crippen LogP contribution is 2.36. The van der Waals surface area contributed by atoms with Gasteiger partial charge in [0.05, 0.1) is 5.41 Å². The molecule has 1 aliphatic rings. The first kappa shape index (κ1) is 19.2. The molecule has 1 saturated heterocycles. The van der Waals surface area contributed by atoms with E-state index in [4.69, 9.17) is 5.73 Å². The van der Waals surface area contributed by atoms with Gasteiger partial charge in [-0.05, 0) is 36.0 Å². The SMILES string of the molecule is CC(C)C(=O)N1CCC(Cc2ccc(-c3ccccc3)cc2)(C(N)=O)CC1. The van der Waals surface area contributed by atoms with Crippen LogP contribution in [0.5, 0.6) is 0 Å². The molecule has 4 heteroatoms. The summed E-state index contributed by atoms with van der Waals surface area (Å²) in [5.74, 6) is -0.122. The lowest BCUT2D eigenvalue weighted by Crippen LogP contribution is -2.50. The highest BCUT2D eigenvalue weighted by atomic mass is 16.2. The molecule has 0 saturated carbocycles. The summed E-state index contributed by atoms with van der Waals surface area (Å²) in [7, 11) is 0. The Kier molecular flexibility index (Phi) is 5.64. The minimum atomic E-state index is -0.567. The van der Waals surface area contributed by atoms with Crippen LogP contribution in [0.3, 0.4) is 0 Å². The quantitative estimate of drug-likeness (QED) is 0.880. The highest BCUT2D eigenvalue weighted by molar-refractivity contribution is 5.82. The van der Waals surface area contributed by atoms with E-state index in [1.807, 2.05) is 36.9 Å². The van der Waals surface area contributed by atoms with Gasteiger partial charge in [0.2, 0.25) is 11.8 Å². The van der Waals surface area contributed by atoms with Crippen LogP contribution in [0.4, 0.5) is 0 Å². The lowest BCUT2D eigenvalue weighted by atomic mass is 9.73. The minimum absolute atomic E-state index is 0.0170. The molecule has 1 heterocycles. The summed E-state index contributed by atoms with van der Waals surface area (Å²) in [5.41, 5.74) is 8.68. The van der Waals surface area contributed by atoms with E-state index in [9.17, 15) is 9.59 Å².